The van der Waals surface area contributed by atoms with E-state index in [-0.39, 0.29) is 5.56 Å². The summed E-state index contributed by atoms with van der Waals surface area (Å²) in [5, 5.41) is -0.460. The highest BCUT2D eigenvalue weighted by molar-refractivity contribution is 8.00. The quantitative estimate of drug-likeness (QED) is 0.831. The molecule has 2 N–H and O–H groups in total. The third-order valence-electron chi connectivity index (χ3n) is 3.32. The summed E-state index contributed by atoms with van der Waals surface area (Å²) >= 11 is 1.65. The van der Waals surface area contributed by atoms with Crippen molar-refractivity contribution in [1.82, 2.24) is 9.47 Å². The van der Waals surface area contributed by atoms with Crippen molar-refractivity contribution in [3.63, 3.8) is 0 Å². The maximum Gasteiger partial charge on any atom is 0.250 e. The van der Waals surface area contributed by atoms with Gasteiger partial charge in [0, 0.05) is 55.3 Å². The largest absolute Gasteiger partial charge is 0.398 e. The molecule has 0 spiro atoms. The molecule has 2 heterocycles. The van der Waals surface area contributed by atoms with E-state index in [0.29, 0.717) is 24.5 Å². The summed E-state index contributed by atoms with van der Waals surface area (Å²) < 4.78 is 25.1. The van der Waals surface area contributed by atoms with E-state index in [4.69, 9.17) is 5.73 Å². The number of hydrogen-bond acceptors (Lipinski definition) is 6. The van der Waals surface area contributed by atoms with Gasteiger partial charge in [0.2, 0.25) is 0 Å². The van der Waals surface area contributed by atoms with E-state index in [9.17, 15) is 13.2 Å². The minimum Gasteiger partial charge on any atom is -0.398 e. The van der Waals surface area contributed by atoms with Gasteiger partial charge in [-0.05, 0) is 6.07 Å². The number of nitrogens with zero attached hydrogens (tertiary/aromatic N) is 2. The fourth-order valence-corrected chi connectivity index (χ4v) is 5.20. The van der Waals surface area contributed by atoms with E-state index in [1.54, 1.807) is 24.0 Å². The fourth-order valence-electron chi connectivity index (χ4n) is 2.23. The second kappa shape index (κ2) is 6.19. The molecule has 0 saturated carbocycles. The Hall–Kier alpha value is -0.990. The molecule has 8 heteroatoms. The Kier molecular flexibility index (Phi) is 4.77. The minimum absolute atomic E-state index is 0.124. The van der Waals surface area contributed by atoms with Crippen LogP contribution in [0, 0.1) is 0 Å². The van der Waals surface area contributed by atoms with E-state index in [1.807, 2.05) is 4.90 Å². The molecule has 1 fully saturated rings. The van der Waals surface area contributed by atoms with E-state index in [2.05, 4.69) is 0 Å². The Labute approximate surface area is 122 Å². The predicted molar refractivity (Wildman–Crippen MR) is 82.6 cm³/mol. The number of aromatic nitrogens is 1. The van der Waals surface area contributed by atoms with Crippen molar-refractivity contribution >= 4 is 27.3 Å². The second-order valence-corrected chi connectivity index (χ2v) is 8.24. The third-order valence-corrected chi connectivity index (χ3v) is 6.01. The summed E-state index contributed by atoms with van der Waals surface area (Å²) in [7, 11) is -3.10. The number of nitrogen functional groups attached to an aromatic ring is 1. The molecule has 1 atom stereocenters. The average molecular weight is 317 g/mol. The van der Waals surface area contributed by atoms with Crippen LogP contribution >= 0.6 is 11.8 Å². The smallest absolute Gasteiger partial charge is 0.250 e. The van der Waals surface area contributed by atoms with Gasteiger partial charge < -0.3 is 10.3 Å². The lowest BCUT2D eigenvalue weighted by Gasteiger charge is -2.34. The Morgan fingerprint density at radius 3 is 2.85 bits per heavy atom. The van der Waals surface area contributed by atoms with Gasteiger partial charge in [-0.3, -0.25) is 9.69 Å². The van der Waals surface area contributed by atoms with Crippen LogP contribution in [0.15, 0.2) is 23.1 Å². The zero-order chi connectivity index (χ0) is 14.8. The van der Waals surface area contributed by atoms with Crippen LogP contribution in [0.3, 0.4) is 0 Å². The summed E-state index contributed by atoms with van der Waals surface area (Å²) in [6.07, 6.45) is 2.86. The van der Waals surface area contributed by atoms with Crippen LogP contribution in [-0.4, -0.2) is 54.1 Å². The summed E-state index contributed by atoms with van der Waals surface area (Å²) in [4.78, 5) is 13.6. The fraction of sp³-hybridized carbons (Fsp3) is 0.583. The Bertz CT molecular complexity index is 627. The van der Waals surface area contributed by atoms with Crippen molar-refractivity contribution in [1.29, 1.82) is 0 Å². The molecule has 1 unspecified atom stereocenters. The Morgan fingerprint density at radius 1 is 1.40 bits per heavy atom. The van der Waals surface area contributed by atoms with Gasteiger partial charge in [-0.2, -0.15) is 11.8 Å². The van der Waals surface area contributed by atoms with Gasteiger partial charge in [0.25, 0.3) is 5.56 Å². The highest BCUT2D eigenvalue weighted by Crippen LogP contribution is 2.20. The van der Waals surface area contributed by atoms with Crippen LogP contribution in [0.2, 0.25) is 0 Å². The zero-order valence-corrected chi connectivity index (χ0v) is 13.0. The van der Waals surface area contributed by atoms with Crippen LogP contribution in [0.4, 0.5) is 5.69 Å². The SMILES string of the molecule is CS(=O)(=O)C1CSCCN1CCn1cc(N)ccc1=O. The maximum atomic E-state index is 11.8. The van der Waals surface area contributed by atoms with Crippen molar-refractivity contribution in [3.05, 3.63) is 28.7 Å². The van der Waals surface area contributed by atoms with Gasteiger partial charge in [-0.15, -0.1) is 0 Å². The van der Waals surface area contributed by atoms with Gasteiger partial charge in [0.1, 0.15) is 5.37 Å². The molecule has 0 aromatic carbocycles. The van der Waals surface area contributed by atoms with E-state index < -0.39 is 15.2 Å². The predicted octanol–water partition coefficient (Wildman–Crippen LogP) is -0.150. The standard InChI is InChI=1S/C12H19N3O3S2/c1-20(17,18)12-9-19-7-6-14(12)4-5-15-8-10(13)2-3-11(15)16/h2-3,8,12H,4-7,9,13H2,1H3. The van der Waals surface area contributed by atoms with Crippen molar-refractivity contribution < 1.29 is 8.42 Å². The molecule has 1 aromatic heterocycles. The van der Waals surface area contributed by atoms with Crippen LogP contribution in [0.5, 0.6) is 0 Å². The number of anilines is 1. The van der Waals surface area contributed by atoms with E-state index in [1.165, 1.54) is 16.9 Å². The van der Waals surface area contributed by atoms with Gasteiger partial charge in [-0.25, -0.2) is 8.42 Å². The highest BCUT2D eigenvalue weighted by atomic mass is 32.2. The number of pyridine rings is 1. The maximum absolute atomic E-state index is 11.8. The van der Waals surface area contributed by atoms with Gasteiger partial charge in [-0.1, -0.05) is 0 Å². The normalized spacial score (nSPS) is 20.9. The van der Waals surface area contributed by atoms with Crippen LogP contribution in [-0.2, 0) is 16.4 Å². The van der Waals surface area contributed by atoms with Crippen molar-refractivity contribution in [3.8, 4) is 0 Å². The molecule has 1 saturated heterocycles. The van der Waals surface area contributed by atoms with Crippen LogP contribution in [0.25, 0.3) is 0 Å². The molecule has 1 aromatic rings. The number of hydrogen-bond donors (Lipinski definition) is 1. The molecule has 1 aliphatic rings. The summed E-state index contributed by atoms with van der Waals surface area (Å²) in [6.45, 7) is 1.70. The average Bonchev–Trinajstić information content (AvgIpc) is 2.39. The van der Waals surface area contributed by atoms with Crippen molar-refractivity contribution in [2.75, 3.05) is 36.6 Å². The topological polar surface area (TPSA) is 85.4 Å². The highest BCUT2D eigenvalue weighted by Gasteiger charge is 2.30. The summed E-state index contributed by atoms with van der Waals surface area (Å²) in [5.74, 6) is 1.50. The number of rotatable bonds is 4. The molecule has 2 rings (SSSR count). The third kappa shape index (κ3) is 3.77. The minimum atomic E-state index is -3.10. The van der Waals surface area contributed by atoms with Crippen LogP contribution < -0.4 is 11.3 Å². The molecule has 20 heavy (non-hydrogen) atoms. The van der Waals surface area contributed by atoms with Crippen LogP contribution in [0.1, 0.15) is 0 Å². The van der Waals surface area contributed by atoms with E-state index in [0.717, 1.165) is 12.3 Å². The van der Waals surface area contributed by atoms with Crippen molar-refractivity contribution in [2.24, 2.45) is 0 Å². The zero-order valence-electron chi connectivity index (χ0n) is 11.4. The molecule has 0 radical (unpaired) electrons. The molecule has 0 aliphatic carbocycles. The van der Waals surface area contributed by atoms with Gasteiger partial charge in [0.15, 0.2) is 9.84 Å². The second-order valence-electron chi connectivity index (χ2n) is 4.89. The summed E-state index contributed by atoms with van der Waals surface area (Å²) in [6, 6.07) is 2.99. The first kappa shape index (κ1) is 15.4. The molecule has 112 valence electrons. The van der Waals surface area contributed by atoms with E-state index >= 15 is 0 Å². The number of nitrogens with two attached hydrogens (primary N) is 1. The number of sulfone groups is 1. The van der Waals surface area contributed by atoms with Crippen molar-refractivity contribution in [2.45, 2.75) is 11.9 Å². The first-order valence-electron chi connectivity index (χ1n) is 6.34. The molecule has 0 amide bonds. The number of thioether (sulfide) groups is 1. The first-order valence-corrected chi connectivity index (χ1v) is 9.45. The molecule has 0 bridgehead atoms. The monoisotopic (exact) mass is 317 g/mol. The first-order chi connectivity index (χ1) is 9.38. The molecular weight excluding hydrogens is 298 g/mol. The van der Waals surface area contributed by atoms with Gasteiger partial charge >= 0.3 is 0 Å². The molecule has 1 aliphatic heterocycles. The Balaban J connectivity index is 2.08. The van der Waals surface area contributed by atoms with Gasteiger partial charge in [0.05, 0.1) is 0 Å². The lowest BCUT2D eigenvalue weighted by molar-refractivity contribution is 0.258. The lowest BCUT2D eigenvalue weighted by Crippen LogP contribution is -2.48. The summed E-state index contributed by atoms with van der Waals surface area (Å²) in [5.41, 5.74) is 6.06. The Morgan fingerprint density at radius 2 is 2.15 bits per heavy atom. The molecular formula is C12H19N3O3S2. The lowest BCUT2D eigenvalue weighted by atomic mass is 10.4. The molecule has 6 nitrogen and oxygen atoms in total.